The van der Waals surface area contributed by atoms with Gasteiger partial charge in [-0.15, -0.1) is 0 Å². The highest BCUT2D eigenvalue weighted by molar-refractivity contribution is 5.86. The first-order valence-electron chi connectivity index (χ1n) is 8.50. The summed E-state index contributed by atoms with van der Waals surface area (Å²) >= 11 is 0. The molecule has 0 radical (unpaired) electrons. The molecule has 2 fully saturated rings. The predicted molar refractivity (Wildman–Crippen MR) is 86.8 cm³/mol. The number of allylic oxidation sites excluding steroid dienone is 1. The molecule has 4 aliphatic carbocycles. The summed E-state index contributed by atoms with van der Waals surface area (Å²) < 4.78 is 10.6. The standard InChI is InChI=1S/C19H21NO4/c1-2-23-17(21)19-14-9-8-13(10-15(14)19)16(19)20-18(22)24-11-12-6-4-3-5-7-12/h3-9,13-16H,2,10-11H2,1H3,(H,20,22)/t13-,14+,15?,16?,19?/m0/s1. The van der Waals surface area contributed by atoms with E-state index in [4.69, 9.17) is 9.47 Å². The minimum Gasteiger partial charge on any atom is -0.465 e. The number of rotatable bonds is 5. The number of alkyl carbamates (subject to hydrolysis) is 1. The third-order valence-corrected chi connectivity index (χ3v) is 5.64. The number of hydrogen-bond donors (Lipinski definition) is 1. The van der Waals surface area contributed by atoms with Crippen LogP contribution in [0.15, 0.2) is 42.5 Å². The van der Waals surface area contributed by atoms with Crippen LogP contribution in [-0.2, 0) is 20.9 Å². The van der Waals surface area contributed by atoms with Gasteiger partial charge in [0.1, 0.15) is 6.61 Å². The van der Waals surface area contributed by atoms with Gasteiger partial charge in [-0.25, -0.2) is 4.79 Å². The Hall–Kier alpha value is -2.30. The van der Waals surface area contributed by atoms with Crippen molar-refractivity contribution in [3.8, 4) is 0 Å². The number of carbonyl (C=O) groups excluding carboxylic acids is 2. The SMILES string of the molecule is CCOC(=O)C12C3C[C@H](C=C[C@H]31)C2NC(=O)OCc1ccccc1. The predicted octanol–water partition coefficient (Wildman–Crippen LogP) is 2.67. The Morgan fingerprint density at radius 3 is 2.71 bits per heavy atom. The fraction of sp³-hybridized carbons (Fsp3) is 0.474. The molecule has 5 atom stereocenters. The lowest BCUT2D eigenvalue weighted by atomic mass is 9.82. The molecule has 5 heteroatoms. The Morgan fingerprint density at radius 1 is 1.21 bits per heavy atom. The lowest BCUT2D eigenvalue weighted by Crippen LogP contribution is -2.49. The molecule has 1 aromatic carbocycles. The smallest absolute Gasteiger partial charge is 0.407 e. The molecule has 4 aliphatic rings. The maximum atomic E-state index is 12.5. The Balaban J connectivity index is 1.43. The van der Waals surface area contributed by atoms with E-state index in [0.717, 1.165) is 12.0 Å². The summed E-state index contributed by atoms with van der Waals surface area (Å²) in [5.74, 6) is 0.501. The number of esters is 1. The summed E-state index contributed by atoms with van der Waals surface area (Å²) in [5, 5.41) is 2.94. The third kappa shape index (κ3) is 2.14. The van der Waals surface area contributed by atoms with Gasteiger partial charge in [-0.3, -0.25) is 4.79 Å². The lowest BCUT2D eigenvalue weighted by molar-refractivity contribution is -0.151. The van der Waals surface area contributed by atoms with Crippen molar-refractivity contribution in [2.24, 2.45) is 23.2 Å². The minimum absolute atomic E-state index is 0.180. The van der Waals surface area contributed by atoms with Crippen LogP contribution in [0.3, 0.4) is 0 Å². The normalized spacial score (nSPS) is 34.5. The average Bonchev–Trinajstić information content (AvgIpc) is 3.20. The Kier molecular flexibility index (Phi) is 3.59. The third-order valence-electron chi connectivity index (χ3n) is 5.64. The van der Waals surface area contributed by atoms with Crippen molar-refractivity contribution >= 4 is 12.1 Å². The molecule has 0 aromatic heterocycles. The van der Waals surface area contributed by atoms with Crippen LogP contribution in [0.5, 0.6) is 0 Å². The summed E-state index contributed by atoms with van der Waals surface area (Å²) in [6.07, 6.45) is 4.69. The van der Waals surface area contributed by atoms with Gasteiger partial charge >= 0.3 is 12.1 Å². The Bertz CT molecular complexity index is 686. The fourth-order valence-electron chi connectivity index (χ4n) is 4.61. The van der Waals surface area contributed by atoms with Crippen molar-refractivity contribution in [2.45, 2.75) is 26.0 Å². The molecule has 1 amide bonds. The second kappa shape index (κ2) is 5.65. The van der Waals surface area contributed by atoms with Crippen LogP contribution in [0.25, 0.3) is 0 Å². The largest absolute Gasteiger partial charge is 0.465 e. The number of ether oxygens (including phenoxy) is 2. The van der Waals surface area contributed by atoms with E-state index in [9.17, 15) is 9.59 Å². The van der Waals surface area contributed by atoms with Gasteiger partial charge in [-0.1, -0.05) is 42.5 Å². The van der Waals surface area contributed by atoms with E-state index in [1.807, 2.05) is 37.3 Å². The first-order valence-corrected chi connectivity index (χ1v) is 8.50. The van der Waals surface area contributed by atoms with Gasteiger partial charge in [0.05, 0.1) is 18.1 Å². The van der Waals surface area contributed by atoms with Crippen molar-refractivity contribution in [3.05, 3.63) is 48.0 Å². The maximum absolute atomic E-state index is 12.5. The highest BCUT2D eigenvalue weighted by atomic mass is 16.5. The van der Waals surface area contributed by atoms with Crippen LogP contribution in [0.2, 0.25) is 0 Å². The van der Waals surface area contributed by atoms with E-state index in [2.05, 4.69) is 17.5 Å². The molecule has 0 aliphatic heterocycles. The van der Waals surface area contributed by atoms with Crippen LogP contribution in [0.1, 0.15) is 18.9 Å². The summed E-state index contributed by atoms with van der Waals surface area (Å²) in [5.41, 5.74) is 0.367. The number of amides is 1. The van der Waals surface area contributed by atoms with E-state index in [-0.39, 0.29) is 30.5 Å². The first-order chi connectivity index (χ1) is 11.7. The van der Waals surface area contributed by atoms with Gasteiger partial charge in [0.15, 0.2) is 0 Å². The van der Waals surface area contributed by atoms with Crippen LogP contribution >= 0.6 is 0 Å². The van der Waals surface area contributed by atoms with Crippen molar-refractivity contribution in [2.75, 3.05) is 6.61 Å². The molecular weight excluding hydrogens is 306 g/mol. The van der Waals surface area contributed by atoms with Crippen LogP contribution in [-0.4, -0.2) is 24.7 Å². The highest BCUT2D eigenvalue weighted by Gasteiger charge is 2.79. The van der Waals surface area contributed by atoms with Gasteiger partial charge < -0.3 is 14.8 Å². The molecule has 0 saturated heterocycles. The van der Waals surface area contributed by atoms with Gasteiger partial charge in [0.25, 0.3) is 0 Å². The summed E-state index contributed by atoms with van der Waals surface area (Å²) in [7, 11) is 0. The zero-order valence-corrected chi connectivity index (χ0v) is 13.6. The minimum atomic E-state index is -0.568. The van der Waals surface area contributed by atoms with Crippen LogP contribution in [0.4, 0.5) is 4.79 Å². The molecule has 2 saturated carbocycles. The first kappa shape index (κ1) is 15.2. The lowest BCUT2D eigenvalue weighted by Gasteiger charge is -2.31. The van der Waals surface area contributed by atoms with Crippen LogP contribution in [0, 0.1) is 23.2 Å². The molecule has 3 unspecified atom stereocenters. The molecule has 0 heterocycles. The van der Waals surface area contributed by atoms with Gasteiger partial charge in [0, 0.05) is 0 Å². The van der Waals surface area contributed by atoms with Crippen LogP contribution < -0.4 is 5.32 Å². The molecular formula is C19H21NO4. The summed E-state index contributed by atoms with van der Waals surface area (Å²) in [4.78, 5) is 24.7. The molecule has 5 nitrogen and oxygen atoms in total. The maximum Gasteiger partial charge on any atom is 0.407 e. The Labute approximate surface area is 141 Å². The molecule has 5 rings (SSSR count). The van der Waals surface area contributed by atoms with E-state index in [1.54, 1.807) is 0 Å². The van der Waals surface area contributed by atoms with Crippen molar-refractivity contribution in [3.63, 3.8) is 0 Å². The van der Waals surface area contributed by atoms with E-state index >= 15 is 0 Å². The fourth-order valence-corrected chi connectivity index (χ4v) is 4.61. The number of benzene rings is 1. The molecule has 126 valence electrons. The van der Waals surface area contributed by atoms with E-state index in [1.165, 1.54) is 0 Å². The molecule has 1 N–H and O–H groups in total. The number of hydrogen-bond acceptors (Lipinski definition) is 4. The topological polar surface area (TPSA) is 64.6 Å². The zero-order chi connectivity index (χ0) is 16.7. The molecule has 1 aromatic rings. The Morgan fingerprint density at radius 2 is 2.00 bits per heavy atom. The molecule has 24 heavy (non-hydrogen) atoms. The molecule has 0 spiro atoms. The van der Waals surface area contributed by atoms with E-state index < -0.39 is 11.5 Å². The highest BCUT2D eigenvalue weighted by Crippen LogP contribution is 2.73. The quantitative estimate of drug-likeness (QED) is 0.667. The number of carbonyl (C=O) groups is 2. The number of nitrogens with one attached hydrogen (secondary N) is 1. The summed E-state index contributed by atoms with van der Waals surface area (Å²) in [6.45, 7) is 2.39. The average molecular weight is 327 g/mol. The zero-order valence-electron chi connectivity index (χ0n) is 13.6. The van der Waals surface area contributed by atoms with Crippen molar-refractivity contribution in [1.82, 2.24) is 5.32 Å². The second-order valence-electron chi connectivity index (χ2n) is 6.75. The van der Waals surface area contributed by atoms with Gasteiger partial charge in [-0.2, -0.15) is 0 Å². The van der Waals surface area contributed by atoms with Crippen molar-refractivity contribution in [1.29, 1.82) is 0 Å². The summed E-state index contributed by atoms with van der Waals surface area (Å²) in [6, 6.07) is 9.32. The van der Waals surface area contributed by atoms with Gasteiger partial charge in [0.2, 0.25) is 0 Å². The monoisotopic (exact) mass is 327 g/mol. The van der Waals surface area contributed by atoms with E-state index in [0.29, 0.717) is 12.5 Å². The van der Waals surface area contributed by atoms with Crippen molar-refractivity contribution < 1.29 is 19.1 Å². The second-order valence-corrected chi connectivity index (χ2v) is 6.75. The molecule has 4 bridgehead atoms. The van der Waals surface area contributed by atoms with Gasteiger partial charge in [-0.05, 0) is 36.7 Å².